The molecule has 0 aliphatic rings. The summed E-state index contributed by atoms with van der Waals surface area (Å²) in [7, 11) is 0. The van der Waals surface area contributed by atoms with Gasteiger partial charge >= 0.3 is 5.84 Å². The van der Waals surface area contributed by atoms with Crippen LogP contribution in [0.4, 0.5) is 12.6 Å². The lowest BCUT2D eigenvalue weighted by molar-refractivity contribution is 0.628. The van der Waals surface area contributed by atoms with Crippen LogP contribution in [0, 0.1) is 0 Å². The average molecular weight is 215 g/mol. The quantitative estimate of drug-likeness (QED) is 0.430. The van der Waals surface area contributed by atoms with Crippen molar-refractivity contribution in [2.75, 3.05) is 0 Å². The molecule has 0 saturated carbocycles. The molecule has 0 amide bonds. The zero-order chi connectivity index (χ0) is 4.50. The second-order valence-electron chi connectivity index (χ2n) is 0.383. The van der Waals surface area contributed by atoms with Crippen LogP contribution in [0.2, 0.25) is 0 Å². The predicted molar refractivity (Wildman–Crippen MR) is 24.3 cm³/mol. The second-order valence-corrected chi connectivity index (χ2v) is 4.43. The lowest BCUT2D eigenvalue weighted by Crippen LogP contribution is -1.32. The molecule has 0 aromatic heterocycles. The standard InChI is InChI=1S/F3IP/c1-5(2,3)4/q+1. The average Bonchev–Trinajstić information content (AvgIpc) is 0.722. The van der Waals surface area contributed by atoms with Crippen molar-refractivity contribution in [1.82, 2.24) is 0 Å². The van der Waals surface area contributed by atoms with Crippen molar-refractivity contribution >= 4 is 27.9 Å². The first kappa shape index (κ1) is 5.95. The van der Waals surface area contributed by atoms with Crippen LogP contribution in [0.25, 0.3) is 0 Å². The van der Waals surface area contributed by atoms with E-state index in [2.05, 4.69) is 0 Å². The summed E-state index contributed by atoms with van der Waals surface area (Å²) in [5, 5.41) is 0. The van der Waals surface area contributed by atoms with E-state index in [4.69, 9.17) is 0 Å². The van der Waals surface area contributed by atoms with Crippen LogP contribution in [0.15, 0.2) is 0 Å². The molecule has 5 heavy (non-hydrogen) atoms. The Morgan fingerprint density at radius 1 is 1.20 bits per heavy atom. The van der Waals surface area contributed by atoms with Crippen LogP contribution in [-0.4, -0.2) is 0 Å². The summed E-state index contributed by atoms with van der Waals surface area (Å²) < 4.78 is 31.4. The van der Waals surface area contributed by atoms with E-state index in [1.165, 1.54) is 0 Å². The maximum absolute atomic E-state index is 10.5. The predicted octanol–water partition coefficient (Wildman–Crippen LogP) is 3.01. The van der Waals surface area contributed by atoms with Gasteiger partial charge in [-0.15, -0.1) is 0 Å². The molecule has 0 aromatic carbocycles. The van der Waals surface area contributed by atoms with Gasteiger partial charge in [-0.25, -0.2) is 0 Å². The van der Waals surface area contributed by atoms with Crippen molar-refractivity contribution in [2.24, 2.45) is 0 Å². The Bertz CT molecular complexity index is 22.4. The fraction of sp³-hybridized carbons (Fsp3) is 0. The Morgan fingerprint density at radius 2 is 1.20 bits per heavy atom. The van der Waals surface area contributed by atoms with Gasteiger partial charge in [0, 0.05) is 12.6 Å². The van der Waals surface area contributed by atoms with E-state index in [1.807, 2.05) is 0 Å². The minimum absolute atomic E-state index is 0.489. The summed E-state index contributed by atoms with van der Waals surface area (Å²) in [6.07, 6.45) is 0. The van der Waals surface area contributed by atoms with Gasteiger partial charge in [0.2, 0.25) is 0 Å². The topological polar surface area (TPSA) is 0 Å². The van der Waals surface area contributed by atoms with E-state index < -0.39 is 5.84 Å². The fourth-order valence-electron chi connectivity index (χ4n) is 0. The third-order valence-electron chi connectivity index (χ3n) is 0. The van der Waals surface area contributed by atoms with Crippen LogP contribution in [-0.2, 0) is 0 Å². The van der Waals surface area contributed by atoms with E-state index in [9.17, 15) is 12.6 Å². The van der Waals surface area contributed by atoms with Crippen LogP contribution >= 0.6 is 27.9 Å². The zero-order valence-electron chi connectivity index (χ0n) is 1.96. The SMILES string of the molecule is F[P+](F)(F)I. The number of rotatable bonds is 0. The van der Waals surface area contributed by atoms with Crippen LogP contribution in [0.1, 0.15) is 0 Å². The Labute approximate surface area is 40.9 Å². The van der Waals surface area contributed by atoms with Gasteiger partial charge in [0.1, 0.15) is 0 Å². The van der Waals surface area contributed by atoms with Gasteiger partial charge in [-0.05, 0) is 0 Å². The molecule has 0 unspecified atom stereocenters. The van der Waals surface area contributed by atoms with Gasteiger partial charge in [0.05, 0.1) is 0 Å². The van der Waals surface area contributed by atoms with Crippen LogP contribution in [0.5, 0.6) is 0 Å². The Balaban J connectivity index is 3.02. The van der Waals surface area contributed by atoms with Crippen LogP contribution < -0.4 is 0 Å². The molecule has 0 aliphatic heterocycles. The maximum Gasteiger partial charge on any atom is 0.625 e. The largest absolute Gasteiger partial charge is 0.625 e. The monoisotopic (exact) mass is 215 g/mol. The first-order valence-corrected chi connectivity index (χ1v) is 4.92. The first-order valence-electron chi connectivity index (χ1n) is 0.676. The molecule has 0 rings (SSSR count). The summed E-state index contributed by atoms with van der Waals surface area (Å²) in [6, 6.07) is 0. The van der Waals surface area contributed by atoms with Crippen molar-refractivity contribution < 1.29 is 12.6 Å². The molecule has 5 heteroatoms. The molecular formula is F3IP+. The smallest absolute Gasteiger partial charge is 0.0302 e. The van der Waals surface area contributed by atoms with Gasteiger partial charge in [-0.3, -0.25) is 0 Å². The van der Waals surface area contributed by atoms with Gasteiger partial charge < -0.3 is 0 Å². The number of hydrogen-bond donors (Lipinski definition) is 0. The molecule has 0 aromatic rings. The highest BCUT2D eigenvalue weighted by Gasteiger charge is 2.38. The third-order valence-corrected chi connectivity index (χ3v) is 0. The molecule has 0 fully saturated rings. The normalized spacial score (nSPS) is 12.0. The van der Waals surface area contributed by atoms with Crippen molar-refractivity contribution in [3.8, 4) is 0 Å². The maximum atomic E-state index is 10.5. The van der Waals surface area contributed by atoms with Crippen LogP contribution in [0.3, 0.4) is 0 Å². The van der Waals surface area contributed by atoms with Gasteiger partial charge in [-0.2, -0.15) is 0 Å². The molecule has 0 nitrogen and oxygen atoms in total. The molecule has 0 N–H and O–H groups in total. The molecule has 0 atom stereocenters. The molecule has 0 heterocycles. The number of hydrogen-bond acceptors (Lipinski definition) is 0. The van der Waals surface area contributed by atoms with Gasteiger partial charge in [-0.1, -0.05) is 0 Å². The Morgan fingerprint density at radius 3 is 1.20 bits per heavy atom. The summed E-state index contributed by atoms with van der Waals surface area (Å²) in [6.45, 7) is 0. The molecule has 0 bridgehead atoms. The van der Waals surface area contributed by atoms with E-state index in [0.29, 0.717) is 22.0 Å². The Hall–Kier alpha value is 0.950. The first-order chi connectivity index (χ1) is 2.00. The summed E-state index contributed by atoms with van der Waals surface area (Å²) in [5.41, 5.74) is 0. The fourth-order valence-corrected chi connectivity index (χ4v) is 0. The molecule has 0 spiro atoms. The van der Waals surface area contributed by atoms with E-state index in [0.717, 1.165) is 0 Å². The lowest BCUT2D eigenvalue weighted by Gasteiger charge is -1.66. The summed E-state index contributed by atoms with van der Waals surface area (Å²) >= 11 is 0.489. The van der Waals surface area contributed by atoms with Crippen molar-refractivity contribution in [1.29, 1.82) is 0 Å². The van der Waals surface area contributed by atoms with E-state index in [-0.39, 0.29) is 0 Å². The van der Waals surface area contributed by atoms with Gasteiger partial charge in [0.15, 0.2) is 0 Å². The minimum atomic E-state index is -4.92. The van der Waals surface area contributed by atoms with Gasteiger partial charge in [0.25, 0.3) is 22.0 Å². The lowest BCUT2D eigenvalue weighted by atomic mass is 18.8. The molecule has 0 saturated heterocycles. The van der Waals surface area contributed by atoms with Crippen molar-refractivity contribution in [3.63, 3.8) is 0 Å². The van der Waals surface area contributed by atoms with Crippen molar-refractivity contribution in [3.05, 3.63) is 0 Å². The highest BCUT2D eigenvalue weighted by atomic mass is 127. The second kappa shape index (κ2) is 1.60. The molecule has 0 aliphatic carbocycles. The zero-order valence-corrected chi connectivity index (χ0v) is 5.01. The number of halogens is 4. The molecular weight excluding hydrogens is 215 g/mol. The highest BCUT2D eigenvalue weighted by Crippen LogP contribution is 2.72. The Kier molecular flexibility index (Phi) is 1.90. The summed E-state index contributed by atoms with van der Waals surface area (Å²) in [5.74, 6) is -4.92. The van der Waals surface area contributed by atoms with E-state index in [1.54, 1.807) is 0 Å². The summed E-state index contributed by atoms with van der Waals surface area (Å²) in [4.78, 5) is 0. The molecule has 0 radical (unpaired) electrons. The van der Waals surface area contributed by atoms with Crippen molar-refractivity contribution in [2.45, 2.75) is 0 Å². The molecule has 32 valence electrons. The minimum Gasteiger partial charge on any atom is 0.0302 e. The third kappa shape index (κ3) is 47.7. The highest BCUT2D eigenvalue weighted by molar-refractivity contribution is 14.2. The van der Waals surface area contributed by atoms with E-state index >= 15 is 0 Å².